The lowest BCUT2D eigenvalue weighted by Crippen LogP contribution is -2.55. The smallest absolute Gasteiger partial charge is 0.407 e. The summed E-state index contributed by atoms with van der Waals surface area (Å²) in [6.45, 7) is 5.82. The predicted octanol–water partition coefficient (Wildman–Crippen LogP) is 6.25. The van der Waals surface area contributed by atoms with E-state index in [1.54, 1.807) is 106 Å². The van der Waals surface area contributed by atoms with Crippen LogP contribution in [0, 0.1) is 0 Å². The Hall–Kier alpha value is -7.68. The fraction of sp³-hybridized carbons (Fsp3) is 0.467. The van der Waals surface area contributed by atoms with Gasteiger partial charge in [0.25, 0.3) is 0 Å². The average molecular weight is 1110 g/mol. The van der Waals surface area contributed by atoms with Gasteiger partial charge in [-0.2, -0.15) is 0 Å². The summed E-state index contributed by atoms with van der Waals surface area (Å²) in [5.74, 6) is -4.30. The van der Waals surface area contributed by atoms with E-state index in [1.807, 2.05) is 36.4 Å². The second-order valence-electron chi connectivity index (χ2n) is 20.2. The van der Waals surface area contributed by atoms with Crippen LogP contribution in [0.4, 0.5) is 4.79 Å². The van der Waals surface area contributed by atoms with Crippen molar-refractivity contribution in [2.75, 3.05) is 13.1 Å². The van der Waals surface area contributed by atoms with Gasteiger partial charge in [0.2, 0.25) is 17.7 Å². The molecular weight excluding hydrogens is 1030 g/mol. The normalized spacial score (nSPS) is 13.0. The molecule has 4 aromatic carbocycles. The van der Waals surface area contributed by atoms with E-state index in [0.717, 1.165) is 11.1 Å². The molecule has 4 aromatic rings. The predicted molar refractivity (Wildman–Crippen MR) is 297 cm³/mol. The highest BCUT2D eigenvalue weighted by Gasteiger charge is 2.31. The van der Waals surface area contributed by atoms with Gasteiger partial charge in [0.15, 0.2) is 0 Å². The van der Waals surface area contributed by atoms with E-state index in [4.69, 9.17) is 29.4 Å². The number of unbranched alkanes of at least 4 members (excludes halogenated alkanes) is 3. The largest absolute Gasteiger partial charge is 0.461 e. The Morgan fingerprint density at radius 2 is 0.925 bits per heavy atom. The van der Waals surface area contributed by atoms with Gasteiger partial charge in [-0.3, -0.25) is 34.1 Å². The zero-order valence-electron chi connectivity index (χ0n) is 46.2. The summed E-state index contributed by atoms with van der Waals surface area (Å²) >= 11 is 0. The number of rotatable bonds is 36. The number of carbonyl (C=O) groups is 8. The molecule has 434 valence electrons. The molecule has 5 atom stereocenters. The van der Waals surface area contributed by atoms with Gasteiger partial charge < -0.3 is 55.8 Å². The third kappa shape index (κ3) is 28.3. The summed E-state index contributed by atoms with van der Waals surface area (Å²) in [5, 5.41) is 25.6. The van der Waals surface area contributed by atoms with Gasteiger partial charge in [0, 0.05) is 38.8 Å². The van der Waals surface area contributed by atoms with Crippen LogP contribution in [0.5, 0.6) is 0 Å². The van der Waals surface area contributed by atoms with Crippen molar-refractivity contribution in [2.45, 2.75) is 167 Å². The van der Waals surface area contributed by atoms with Crippen molar-refractivity contribution < 1.29 is 67.1 Å². The van der Waals surface area contributed by atoms with Crippen LogP contribution in [0.1, 0.15) is 126 Å². The zero-order valence-corrected chi connectivity index (χ0v) is 46.2. The second-order valence-corrected chi connectivity index (χ2v) is 20.2. The van der Waals surface area contributed by atoms with Gasteiger partial charge in [0.05, 0.1) is 12.1 Å². The van der Waals surface area contributed by atoms with Crippen LogP contribution in [0.25, 0.3) is 0 Å². The highest BCUT2D eigenvalue weighted by Crippen LogP contribution is 2.14. The molecule has 5 unspecified atom stereocenters. The van der Waals surface area contributed by atoms with Crippen molar-refractivity contribution in [2.24, 2.45) is 5.73 Å². The van der Waals surface area contributed by atoms with E-state index in [9.17, 15) is 43.5 Å². The lowest BCUT2D eigenvalue weighted by Gasteiger charge is -2.28. The summed E-state index contributed by atoms with van der Waals surface area (Å²) in [5.41, 5.74) is 8.40. The fourth-order valence-corrected chi connectivity index (χ4v) is 7.84. The number of aliphatic hydroxyl groups excluding tert-OH is 1. The summed E-state index contributed by atoms with van der Waals surface area (Å²) in [4.78, 5) is 105. The van der Waals surface area contributed by atoms with E-state index >= 15 is 0 Å². The standard InChI is InChI=1S/C60H80N6O14/c1-60(2,3)80-59(75)63-38-20-18-29-47(61)55(71)62-37-19-8-17-30-51(67)64-48(56(72)66-50(58(74)79-42-46-27-15-7-16-28-46)33-36-54(70)77-40-44-23-11-5-12-24-44)31-34-52(68)65-49(57(73)78-41-45-25-13-6-14-26-45)32-35-53(69)76-39-43-21-9-4-10-22-43/h4-7,9-16,21-28,47-50,56,66,72H,8,17-20,29-42,61H2,1-3H3,(H,62,71)(H,63,75)(H,64,67)(H,65,68). The van der Waals surface area contributed by atoms with Gasteiger partial charge in [-0.05, 0) is 94.4 Å². The number of hydrogen-bond acceptors (Lipinski definition) is 16. The molecule has 8 N–H and O–H groups in total. The molecule has 0 saturated carbocycles. The summed E-state index contributed by atoms with van der Waals surface area (Å²) in [7, 11) is 0. The molecule has 0 aliphatic heterocycles. The Labute approximate surface area is 468 Å². The minimum Gasteiger partial charge on any atom is -0.461 e. The van der Waals surface area contributed by atoms with E-state index in [-0.39, 0.29) is 77.3 Å². The molecule has 0 bridgehead atoms. The molecule has 20 heteroatoms. The van der Waals surface area contributed by atoms with Crippen LogP contribution < -0.4 is 32.3 Å². The van der Waals surface area contributed by atoms with E-state index in [0.29, 0.717) is 62.7 Å². The minimum atomic E-state index is -1.69. The van der Waals surface area contributed by atoms with Crippen molar-refractivity contribution in [1.29, 1.82) is 0 Å². The highest BCUT2D eigenvalue weighted by atomic mass is 16.6. The van der Waals surface area contributed by atoms with E-state index in [2.05, 4.69) is 26.6 Å². The van der Waals surface area contributed by atoms with Gasteiger partial charge in [-0.25, -0.2) is 9.59 Å². The molecule has 0 radical (unpaired) electrons. The molecule has 0 saturated heterocycles. The quantitative estimate of drug-likeness (QED) is 0.0115. The summed E-state index contributed by atoms with van der Waals surface area (Å²) < 4.78 is 27.2. The third-order valence-corrected chi connectivity index (χ3v) is 12.2. The van der Waals surface area contributed by atoms with Crippen molar-refractivity contribution in [3.63, 3.8) is 0 Å². The Balaban J connectivity index is 1.39. The molecular formula is C60H80N6O14. The van der Waals surface area contributed by atoms with Crippen molar-refractivity contribution in [3.05, 3.63) is 144 Å². The maximum Gasteiger partial charge on any atom is 0.407 e. The topological polar surface area (TPSA) is 289 Å². The number of amides is 4. The Bertz CT molecular complexity index is 2500. The molecule has 0 aliphatic rings. The summed E-state index contributed by atoms with van der Waals surface area (Å²) in [6.07, 6.45) is -0.525. The first kappa shape index (κ1) is 64.8. The number of aliphatic hydroxyl groups is 1. The lowest BCUT2D eigenvalue weighted by atomic mass is 10.1. The highest BCUT2D eigenvalue weighted by molar-refractivity contribution is 5.85. The van der Waals surface area contributed by atoms with Crippen molar-refractivity contribution >= 4 is 47.7 Å². The van der Waals surface area contributed by atoms with E-state index in [1.165, 1.54) is 0 Å². The number of hydrogen-bond donors (Lipinski definition) is 7. The molecule has 0 spiro atoms. The van der Waals surface area contributed by atoms with Crippen LogP contribution in [0.3, 0.4) is 0 Å². The van der Waals surface area contributed by atoms with Gasteiger partial charge in [-0.15, -0.1) is 0 Å². The first-order chi connectivity index (χ1) is 38.4. The summed E-state index contributed by atoms with van der Waals surface area (Å²) in [6, 6.07) is 31.3. The van der Waals surface area contributed by atoms with Gasteiger partial charge in [0.1, 0.15) is 50.3 Å². The van der Waals surface area contributed by atoms with Crippen LogP contribution in [-0.4, -0.2) is 102 Å². The van der Waals surface area contributed by atoms with Crippen molar-refractivity contribution in [1.82, 2.24) is 26.6 Å². The number of ether oxygens (including phenoxy) is 5. The van der Waals surface area contributed by atoms with E-state index < -0.39 is 77.8 Å². The number of alkyl carbamates (subject to hydrolysis) is 1. The first-order valence-electron chi connectivity index (χ1n) is 27.3. The van der Waals surface area contributed by atoms with Gasteiger partial charge in [-0.1, -0.05) is 128 Å². The SMILES string of the molecule is CC(C)(C)OC(=O)NCCCCC(N)C(=O)NCCCCCC(=O)NC(CCC(=O)NC(CCC(=O)OCc1ccccc1)C(=O)OCc1ccccc1)C(O)NC(CCC(=O)OCc1ccccc1)C(=O)OCc1ccccc1. The number of carbonyl (C=O) groups excluding carboxylic acids is 8. The van der Waals surface area contributed by atoms with Crippen LogP contribution in [0.15, 0.2) is 121 Å². The number of nitrogens with two attached hydrogens (primary N) is 1. The monoisotopic (exact) mass is 1110 g/mol. The number of nitrogens with one attached hydrogen (secondary N) is 5. The molecule has 0 aromatic heterocycles. The van der Waals surface area contributed by atoms with Crippen LogP contribution >= 0.6 is 0 Å². The molecule has 20 nitrogen and oxygen atoms in total. The van der Waals surface area contributed by atoms with Crippen LogP contribution in [0.2, 0.25) is 0 Å². The maximum absolute atomic E-state index is 13.8. The lowest BCUT2D eigenvalue weighted by molar-refractivity contribution is -0.151. The number of benzene rings is 4. The average Bonchev–Trinajstić information content (AvgIpc) is 3.45. The Kier molecular flexibility index (Phi) is 29.6. The maximum atomic E-state index is 13.8. The molecule has 80 heavy (non-hydrogen) atoms. The molecule has 4 amide bonds. The zero-order chi connectivity index (χ0) is 58.0. The first-order valence-corrected chi connectivity index (χ1v) is 27.3. The Morgan fingerprint density at radius 1 is 0.487 bits per heavy atom. The molecule has 0 heterocycles. The third-order valence-electron chi connectivity index (χ3n) is 12.2. The fourth-order valence-electron chi connectivity index (χ4n) is 7.84. The molecule has 0 fully saturated rings. The van der Waals surface area contributed by atoms with Crippen molar-refractivity contribution in [3.8, 4) is 0 Å². The van der Waals surface area contributed by atoms with Gasteiger partial charge >= 0.3 is 30.0 Å². The number of esters is 4. The van der Waals surface area contributed by atoms with Crippen LogP contribution in [-0.2, 0) is 83.7 Å². The molecule has 0 aliphatic carbocycles. The minimum absolute atomic E-state index is 0.000975. The Morgan fingerprint density at radius 3 is 1.43 bits per heavy atom. The second kappa shape index (κ2) is 36.5. The molecule has 4 rings (SSSR count).